The molecule has 3 amide bonds. The Labute approximate surface area is 159 Å². The second-order valence-electron chi connectivity index (χ2n) is 5.43. The number of H-pyrrole nitrogens is 1. The topological polar surface area (TPSA) is 200 Å². The van der Waals surface area contributed by atoms with Crippen molar-refractivity contribution >= 4 is 36.3 Å². The van der Waals surface area contributed by atoms with Gasteiger partial charge in [0.25, 0.3) is 0 Å². The smallest absolute Gasteiger partial charge is 0.327 e. The Bertz CT molecular complexity index is 655. The molecule has 0 aliphatic heterocycles. The first-order chi connectivity index (χ1) is 12.8. The Morgan fingerprint density at radius 2 is 1.78 bits per heavy atom. The van der Waals surface area contributed by atoms with Gasteiger partial charge in [0, 0.05) is 24.1 Å². The first-order valence-corrected chi connectivity index (χ1v) is 8.47. The molecule has 3 atom stereocenters. The van der Waals surface area contributed by atoms with E-state index >= 15 is 0 Å². The van der Waals surface area contributed by atoms with Gasteiger partial charge in [-0.3, -0.25) is 14.4 Å². The molecule has 1 aromatic rings. The van der Waals surface area contributed by atoms with Gasteiger partial charge in [0.15, 0.2) is 0 Å². The number of carboxylic acids is 1. The van der Waals surface area contributed by atoms with Gasteiger partial charge in [0.1, 0.15) is 18.1 Å². The first-order valence-electron chi connectivity index (χ1n) is 7.84. The van der Waals surface area contributed by atoms with Crippen LogP contribution in [0.3, 0.4) is 0 Å². The van der Waals surface area contributed by atoms with Crippen molar-refractivity contribution in [2.45, 2.75) is 24.5 Å². The zero-order valence-electron chi connectivity index (χ0n) is 14.2. The number of nitrogens with two attached hydrogens (primary N) is 1. The van der Waals surface area contributed by atoms with E-state index in [1.165, 1.54) is 12.5 Å². The van der Waals surface area contributed by atoms with E-state index in [-0.39, 0.29) is 18.7 Å². The number of hydrogen-bond acceptors (Lipinski definition) is 8. The van der Waals surface area contributed by atoms with Crippen LogP contribution in [0.1, 0.15) is 5.69 Å². The maximum Gasteiger partial charge on any atom is 0.327 e. The number of aromatic nitrogens is 2. The number of nitrogens with one attached hydrogen (secondary N) is 4. The molecule has 0 saturated heterocycles. The van der Waals surface area contributed by atoms with Gasteiger partial charge in [-0.2, -0.15) is 12.6 Å². The normalized spacial score (nSPS) is 13.9. The summed E-state index contributed by atoms with van der Waals surface area (Å²) in [5.41, 5.74) is 5.65. The van der Waals surface area contributed by atoms with Crippen LogP contribution in [0.15, 0.2) is 12.5 Å². The van der Waals surface area contributed by atoms with Gasteiger partial charge in [-0.1, -0.05) is 0 Å². The summed E-state index contributed by atoms with van der Waals surface area (Å²) in [6.07, 6.45) is 2.77. The van der Waals surface area contributed by atoms with Crippen LogP contribution in [0.5, 0.6) is 0 Å². The zero-order chi connectivity index (χ0) is 20.4. The molecule has 0 radical (unpaired) electrons. The molecule has 12 nitrogen and oxygen atoms in total. The fraction of sp³-hybridized carbons (Fsp3) is 0.500. The quantitative estimate of drug-likeness (QED) is 0.173. The SMILES string of the molecule is NCC(=O)NC(CO)C(=O)NC(Cc1cnc[nH]1)C(=O)NC(CS)C(=O)O. The van der Waals surface area contributed by atoms with E-state index in [9.17, 15) is 24.3 Å². The first kappa shape index (κ1) is 22.4. The lowest BCUT2D eigenvalue weighted by Gasteiger charge is -2.23. The zero-order valence-corrected chi connectivity index (χ0v) is 15.1. The lowest BCUT2D eigenvalue weighted by atomic mass is 10.1. The number of thiol groups is 1. The molecular weight excluding hydrogens is 380 g/mol. The standard InChI is InChI=1S/C14H22N6O6S/c15-2-11(22)18-9(4-21)13(24)19-8(1-7-3-16-6-17-7)12(23)20-10(5-27)14(25)26/h3,6,8-10,21,27H,1-2,4-5,15H2,(H,16,17)(H,18,22)(H,19,24)(H,20,23)(H,25,26). The molecule has 0 spiro atoms. The number of aliphatic hydroxyl groups is 1. The number of aromatic amines is 1. The predicted molar refractivity (Wildman–Crippen MR) is 95.7 cm³/mol. The molecule has 27 heavy (non-hydrogen) atoms. The van der Waals surface area contributed by atoms with Gasteiger partial charge < -0.3 is 36.9 Å². The monoisotopic (exact) mass is 402 g/mol. The molecular formula is C14H22N6O6S. The van der Waals surface area contributed by atoms with Crippen LogP contribution >= 0.6 is 12.6 Å². The Morgan fingerprint density at radius 3 is 2.26 bits per heavy atom. The van der Waals surface area contributed by atoms with E-state index < -0.39 is 48.4 Å². The van der Waals surface area contributed by atoms with Crippen molar-refractivity contribution in [3.05, 3.63) is 18.2 Å². The van der Waals surface area contributed by atoms with Gasteiger partial charge in [-0.05, 0) is 0 Å². The maximum absolute atomic E-state index is 12.4. The van der Waals surface area contributed by atoms with Gasteiger partial charge in [0.05, 0.1) is 19.5 Å². The van der Waals surface area contributed by atoms with Crippen molar-refractivity contribution in [1.29, 1.82) is 0 Å². The molecule has 0 aliphatic carbocycles. The van der Waals surface area contributed by atoms with Crippen molar-refractivity contribution < 1.29 is 29.4 Å². The van der Waals surface area contributed by atoms with E-state index in [0.29, 0.717) is 5.69 Å². The highest BCUT2D eigenvalue weighted by Gasteiger charge is 2.29. The van der Waals surface area contributed by atoms with E-state index in [0.717, 1.165) is 0 Å². The molecule has 0 aromatic carbocycles. The molecule has 3 unspecified atom stereocenters. The highest BCUT2D eigenvalue weighted by atomic mass is 32.1. The Balaban J connectivity index is 2.90. The van der Waals surface area contributed by atoms with Crippen LogP contribution in [0.25, 0.3) is 0 Å². The highest BCUT2D eigenvalue weighted by Crippen LogP contribution is 2.01. The van der Waals surface area contributed by atoms with E-state index in [1.54, 1.807) is 0 Å². The number of aliphatic hydroxyl groups excluding tert-OH is 1. The molecule has 8 N–H and O–H groups in total. The van der Waals surface area contributed by atoms with Gasteiger partial charge >= 0.3 is 5.97 Å². The fourth-order valence-corrected chi connectivity index (χ4v) is 2.25. The highest BCUT2D eigenvalue weighted by molar-refractivity contribution is 7.80. The average Bonchev–Trinajstić information content (AvgIpc) is 3.15. The Kier molecular flexibility index (Phi) is 9.25. The number of rotatable bonds is 11. The van der Waals surface area contributed by atoms with Gasteiger partial charge in [0.2, 0.25) is 17.7 Å². The molecule has 13 heteroatoms. The van der Waals surface area contributed by atoms with Crippen molar-refractivity contribution in [1.82, 2.24) is 25.9 Å². The molecule has 150 valence electrons. The summed E-state index contributed by atoms with van der Waals surface area (Å²) in [6, 6.07) is -3.77. The summed E-state index contributed by atoms with van der Waals surface area (Å²) in [5, 5.41) is 25.2. The van der Waals surface area contributed by atoms with Crippen LogP contribution in [0.2, 0.25) is 0 Å². The minimum Gasteiger partial charge on any atom is -0.480 e. The van der Waals surface area contributed by atoms with Crippen molar-refractivity contribution in [3.8, 4) is 0 Å². The summed E-state index contributed by atoms with van der Waals surface area (Å²) >= 11 is 3.86. The summed E-state index contributed by atoms with van der Waals surface area (Å²) in [6.45, 7) is -1.10. The molecule has 0 fully saturated rings. The van der Waals surface area contributed by atoms with Crippen LogP contribution in [-0.2, 0) is 25.6 Å². The molecule has 0 saturated carbocycles. The average molecular weight is 402 g/mol. The van der Waals surface area contributed by atoms with E-state index in [2.05, 4.69) is 38.5 Å². The maximum atomic E-state index is 12.4. The largest absolute Gasteiger partial charge is 0.480 e. The lowest BCUT2D eigenvalue weighted by Crippen LogP contribution is -2.57. The number of hydrogen-bond donors (Lipinski definition) is 8. The third kappa shape index (κ3) is 7.24. The van der Waals surface area contributed by atoms with Gasteiger partial charge in [-0.25, -0.2) is 9.78 Å². The Hall–Kier alpha value is -2.64. The van der Waals surface area contributed by atoms with E-state index in [1.807, 2.05) is 0 Å². The number of carbonyl (C=O) groups is 4. The molecule has 1 rings (SSSR count). The number of aliphatic carboxylic acids is 1. The molecule has 1 heterocycles. The number of carboxylic acid groups (broad SMARTS) is 1. The molecule has 1 aromatic heterocycles. The third-order valence-electron chi connectivity index (χ3n) is 3.43. The van der Waals surface area contributed by atoms with Crippen molar-refractivity contribution in [2.75, 3.05) is 18.9 Å². The predicted octanol–water partition coefficient (Wildman–Crippen LogP) is -3.63. The summed E-state index contributed by atoms with van der Waals surface area (Å²) in [5.74, 6) is -3.72. The fourth-order valence-electron chi connectivity index (χ4n) is 2.00. The summed E-state index contributed by atoms with van der Waals surface area (Å²) < 4.78 is 0. The molecule has 0 bridgehead atoms. The number of amides is 3. The number of carbonyl (C=O) groups excluding carboxylic acids is 3. The second kappa shape index (κ2) is 11.2. The van der Waals surface area contributed by atoms with Crippen molar-refractivity contribution in [3.63, 3.8) is 0 Å². The number of imidazole rings is 1. The van der Waals surface area contributed by atoms with Crippen LogP contribution < -0.4 is 21.7 Å². The van der Waals surface area contributed by atoms with Crippen molar-refractivity contribution in [2.24, 2.45) is 5.73 Å². The second-order valence-corrected chi connectivity index (χ2v) is 5.80. The number of nitrogens with zero attached hydrogens (tertiary/aromatic N) is 1. The van der Waals surface area contributed by atoms with Crippen LogP contribution in [0.4, 0.5) is 0 Å². The van der Waals surface area contributed by atoms with Gasteiger partial charge in [-0.15, -0.1) is 0 Å². The summed E-state index contributed by atoms with van der Waals surface area (Å²) in [4.78, 5) is 53.7. The van der Waals surface area contributed by atoms with Crippen LogP contribution in [-0.4, -0.2) is 80.9 Å². The van der Waals surface area contributed by atoms with E-state index in [4.69, 9.17) is 10.8 Å². The molecule has 0 aliphatic rings. The third-order valence-corrected chi connectivity index (χ3v) is 3.79. The Morgan fingerprint density at radius 1 is 1.15 bits per heavy atom. The lowest BCUT2D eigenvalue weighted by molar-refractivity contribution is -0.141. The minimum atomic E-state index is -1.32. The summed E-state index contributed by atoms with van der Waals surface area (Å²) in [7, 11) is 0. The minimum absolute atomic E-state index is 0.0283. The van der Waals surface area contributed by atoms with Crippen LogP contribution in [0, 0.1) is 0 Å².